The third-order valence-corrected chi connectivity index (χ3v) is 3.92. The zero-order valence-corrected chi connectivity index (χ0v) is 13.8. The number of carbonyl (C=O) groups is 1. The van der Waals surface area contributed by atoms with Crippen LogP contribution >= 0.6 is 11.6 Å². The zero-order valence-electron chi connectivity index (χ0n) is 13.0. The fourth-order valence-electron chi connectivity index (χ4n) is 2.50. The molecule has 24 heavy (non-hydrogen) atoms. The summed E-state index contributed by atoms with van der Waals surface area (Å²) in [7, 11) is 1.57. The average Bonchev–Trinajstić information content (AvgIpc) is 3.14. The fraction of sp³-hybridized carbons (Fsp3) is 0.312. The molecule has 1 aliphatic heterocycles. The molecule has 0 N–H and O–H groups in total. The first-order valence-electron chi connectivity index (χ1n) is 7.35. The van der Waals surface area contributed by atoms with E-state index in [1.807, 2.05) is 0 Å². The molecule has 1 saturated heterocycles. The van der Waals surface area contributed by atoms with E-state index in [-0.39, 0.29) is 11.9 Å². The van der Waals surface area contributed by atoms with E-state index in [4.69, 9.17) is 25.6 Å². The van der Waals surface area contributed by atoms with Crippen molar-refractivity contribution in [3.05, 3.63) is 47.1 Å². The summed E-state index contributed by atoms with van der Waals surface area (Å²) in [5, 5.41) is 4.38. The smallest absolute Gasteiger partial charge is 0.247 e. The van der Waals surface area contributed by atoms with Crippen LogP contribution in [0.15, 0.2) is 35.2 Å². The summed E-state index contributed by atoms with van der Waals surface area (Å²) in [5.74, 6) is 0.895. The van der Waals surface area contributed by atoms with E-state index < -0.39 is 0 Å². The van der Waals surface area contributed by atoms with E-state index >= 15 is 0 Å². The molecule has 1 atom stereocenters. The Balaban J connectivity index is 1.79. The molecule has 1 unspecified atom stereocenters. The van der Waals surface area contributed by atoms with Crippen LogP contribution in [-0.2, 0) is 9.53 Å². The van der Waals surface area contributed by atoms with Crippen molar-refractivity contribution in [2.75, 3.05) is 26.9 Å². The summed E-state index contributed by atoms with van der Waals surface area (Å²) in [6, 6.07) is 4.85. The van der Waals surface area contributed by atoms with Crippen LogP contribution in [0.4, 0.5) is 0 Å². The van der Waals surface area contributed by atoms with Gasteiger partial charge in [-0.3, -0.25) is 4.79 Å². The van der Waals surface area contributed by atoms with Gasteiger partial charge in [0.25, 0.3) is 0 Å². The topological polar surface area (TPSA) is 77.7 Å². The molecule has 1 aliphatic rings. The molecule has 1 fully saturated rings. The number of aromatic nitrogens is 2. The molecule has 0 saturated carbocycles. The number of carbonyl (C=O) groups excluding carboxylic acids is 1. The lowest BCUT2D eigenvalue weighted by atomic mass is 10.1. The molecular formula is C16H16ClN3O4. The van der Waals surface area contributed by atoms with Crippen LogP contribution in [0.1, 0.15) is 17.4 Å². The van der Waals surface area contributed by atoms with Gasteiger partial charge in [-0.15, -0.1) is 0 Å². The van der Waals surface area contributed by atoms with Gasteiger partial charge < -0.3 is 18.9 Å². The molecule has 8 heteroatoms. The number of ether oxygens (including phenoxy) is 2. The molecule has 0 bridgehead atoms. The first-order valence-corrected chi connectivity index (χ1v) is 7.73. The van der Waals surface area contributed by atoms with Gasteiger partial charge in [-0.25, -0.2) is 0 Å². The van der Waals surface area contributed by atoms with Gasteiger partial charge in [0.2, 0.25) is 12.3 Å². The first-order chi connectivity index (χ1) is 11.7. The number of amides is 1. The maximum Gasteiger partial charge on any atom is 0.247 e. The maximum atomic E-state index is 12.6. The van der Waals surface area contributed by atoms with Crippen molar-refractivity contribution in [3.63, 3.8) is 0 Å². The summed E-state index contributed by atoms with van der Waals surface area (Å²) in [4.78, 5) is 18.3. The molecule has 0 aliphatic carbocycles. The van der Waals surface area contributed by atoms with Crippen molar-refractivity contribution < 1.29 is 18.8 Å². The van der Waals surface area contributed by atoms with Crippen molar-refractivity contribution in [1.29, 1.82) is 0 Å². The second-order valence-corrected chi connectivity index (χ2v) is 5.57. The van der Waals surface area contributed by atoms with E-state index in [1.165, 1.54) is 12.5 Å². The molecule has 2 aromatic rings. The normalized spacial score (nSPS) is 18.1. The summed E-state index contributed by atoms with van der Waals surface area (Å²) in [6.07, 6.45) is 4.39. The lowest BCUT2D eigenvalue weighted by Crippen LogP contribution is -2.43. The van der Waals surface area contributed by atoms with Crippen LogP contribution < -0.4 is 4.74 Å². The van der Waals surface area contributed by atoms with Crippen LogP contribution in [0.2, 0.25) is 5.02 Å². The predicted octanol–water partition coefficient (Wildman–Crippen LogP) is 2.34. The molecule has 126 valence electrons. The van der Waals surface area contributed by atoms with Gasteiger partial charge in [0, 0.05) is 23.2 Å². The molecule has 1 amide bonds. The number of halogens is 1. The van der Waals surface area contributed by atoms with Gasteiger partial charge in [0.1, 0.15) is 11.8 Å². The van der Waals surface area contributed by atoms with Crippen molar-refractivity contribution in [3.8, 4) is 5.75 Å². The highest BCUT2D eigenvalue weighted by Crippen LogP contribution is 2.25. The Morgan fingerprint density at radius 1 is 1.50 bits per heavy atom. The third-order valence-electron chi connectivity index (χ3n) is 3.69. The monoisotopic (exact) mass is 349 g/mol. The molecule has 0 spiro atoms. The summed E-state index contributed by atoms with van der Waals surface area (Å²) >= 11 is 6.00. The predicted molar refractivity (Wildman–Crippen MR) is 86.6 cm³/mol. The Kier molecular flexibility index (Phi) is 5.12. The molecule has 1 aromatic carbocycles. The minimum atomic E-state index is -0.365. The average molecular weight is 350 g/mol. The number of rotatable bonds is 4. The van der Waals surface area contributed by atoms with E-state index in [0.29, 0.717) is 36.4 Å². The van der Waals surface area contributed by atoms with Gasteiger partial charge in [0.05, 0.1) is 20.3 Å². The highest BCUT2D eigenvalue weighted by Gasteiger charge is 2.30. The number of hydrogen-bond donors (Lipinski definition) is 0. The van der Waals surface area contributed by atoms with Gasteiger partial charge in [-0.2, -0.15) is 4.98 Å². The van der Waals surface area contributed by atoms with Crippen molar-refractivity contribution in [2.24, 2.45) is 0 Å². The van der Waals surface area contributed by atoms with Crippen LogP contribution in [0.3, 0.4) is 0 Å². The highest BCUT2D eigenvalue weighted by molar-refractivity contribution is 6.30. The van der Waals surface area contributed by atoms with Gasteiger partial charge in [0.15, 0.2) is 5.82 Å². The highest BCUT2D eigenvalue weighted by atomic mass is 35.5. The summed E-state index contributed by atoms with van der Waals surface area (Å²) in [6.45, 7) is 1.25. The largest absolute Gasteiger partial charge is 0.496 e. The molecular weight excluding hydrogens is 334 g/mol. The Hall–Kier alpha value is -2.38. The summed E-state index contributed by atoms with van der Waals surface area (Å²) in [5.41, 5.74) is 0.725. The van der Waals surface area contributed by atoms with E-state index in [1.54, 1.807) is 36.3 Å². The first kappa shape index (κ1) is 16.5. The standard InChI is InChI=1S/C16H16ClN3O4/c1-22-14-4-3-12(17)8-11(14)2-5-15(21)20-6-7-23-9-13(20)16-18-10-24-19-16/h2-5,8,10,13H,6-7,9H2,1H3/b5-2+. The summed E-state index contributed by atoms with van der Waals surface area (Å²) < 4.78 is 15.5. The fourth-order valence-corrected chi connectivity index (χ4v) is 2.68. The van der Waals surface area contributed by atoms with Crippen LogP contribution in [-0.4, -0.2) is 47.8 Å². The lowest BCUT2D eigenvalue weighted by Gasteiger charge is -2.32. The molecule has 3 rings (SSSR count). The maximum absolute atomic E-state index is 12.6. The second kappa shape index (κ2) is 7.46. The number of hydrogen-bond acceptors (Lipinski definition) is 6. The van der Waals surface area contributed by atoms with Crippen molar-refractivity contribution in [1.82, 2.24) is 15.0 Å². The minimum Gasteiger partial charge on any atom is -0.496 e. The number of morpholine rings is 1. The van der Waals surface area contributed by atoms with Gasteiger partial charge >= 0.3 is 0 Å². The number of nitrogens with zero attached hydrogens (tertiary/aromatic N) is 3. The number of benzene rings is 1. The Morgan fingerprint density at radius 3 is 3.12 bits per heavy atom. The second-order valence-electron chi connectivity index (χ2n) is 5.13. The van der Waals surface area contributed by atoms with Gasteiger partial charge in [-0.1, -0.05) is 16.8 Å². The molecule has 1 aromatic heterocycles. The number of methoxy groups -OCH3 is 1. The Morgan fingerprint density at radius 2 is 2.38 bits per heavy atom. The van der Waals surface area contributed by atoms with Crippen LogP contribution in [0, 0.1) is 0 Å². The van der Waals surface area contributed by atoms with E-state index in [0.717, 1.165) is 5.56 Å². The van der Waals surface area contributed by atoms with E-state index in [2.05, 4.69) is 10.1 Å². The Labute approximate surface area is 143 Å². The van der Waals surface area contributed by atoms with Gasteiger partial charge in [-0.05, 0) is 24.3 Å². The van der Waals surface area contributed by atoms with Crippen molar-refractivity contribution >= 4 is 23.6 Å². The van der Waals surface area contributed by atoms with Crippen LogP contribution in [0.5, 0.6) is 5.75 Å². The third kappa shape index (κ3) is 3.58. The minimum absolute atomic E-state index is 0.171. The quantitative estimate of drug-likeness (QED) is 0.788. The van der Waals surface area contributed by atoms with E-state index in [9.17, 15) is 4.79 Å². The Bertz CT molecular complexity index is 733. The molecule has 7 nitrogen and oxygen atoms in total. The molecule has 0 radical (unpaired) electrons. The lowest BCUT2D eigenvalue weighted by molar-refractivity contribution is -0.135. The van der Waals surface area contributed by atoms with Crippen molar-refractivity contribution in [2.45, 2.75) is 6.04 Å². The SMILES string of the molecule is COc1ccc(Cl)cc1/C=C/C(=O)N1CCOCC1c1ncon1. The zero-order chi connectivity index (χ0) is 16.9. The molecule has 2 heterocycles. The van der Waals surface area contributed by atoms with Crippen LogP contribution in [0.25, 0.3) is 6.08 Å².